The summed E-state index contributed by atoms with van der Waals surface area (Å²) in [6, 6.07) is 12.5. The minimum atomic E-state index is -0.494. The maximum atomic E-state index is 12.3. The number of aryl methyl sites for hydroxylation is 2. The summed E-state index contributed by atoms with van der Waals surface area (Å²) in [5.74, 6) is -0.494. The van der Waals surface area contributed by atoms with Crippen molar-refractivity contribution in [1.82, 2.24) is 0 Å². The zero-order valence-corrected chi connectivity index (χ0v) is 14.2. The van der Waals surface area contributed by atoms with Crippen molar-refractivity contribution in [2.75, 3.05) is 5.32 Å². The maximum absolute atomic E-state index is 12.3. The number of anilines is 1. The number of carbonyl (C=O) groups excluding carboxylic acids is 1. The van der Waals surface area contributed by atoms with Gasteiger partial charge in [-0.15, -0.1) is 0 Å². The molecular formula is C18H14Cl2N2O. The second-order valence-corrected chi connectivity index (χ2v) is 5.85. The number of amides is 1. The molecule has 1 N–H and O–H groups in total. The average molecular weight is 345 g/mol. The summed E-state index contributed by atoms with van der Waals surface area (Å²) in [5, 5.41) is 12.6. The Hall–Kier alpha value is -2.28. The second kappa shape index (κ2) is 7.32. The van der Waals surface area contributed by atoms with Crippen LogP contribution in [0.1, 0.15) is 16.7 Å². The van der Waals surface area contributed by atoms with Crippen LogP contribution in [0.5, 0.6) is 0 Å². The number of nitrogens with one attached hydrogen (secondary N) is 1. The molecule has 2 aromatic rings. The molecule has 0 bridgehead atoms. The van der Waals surface area contributed by atoms with Crippen LogP contribution in [0.15, 0.2) is 42.0 Å². The molecule has 0 unspecified atom stereocenters. The van der Waals surface area contributed by atoms with E-state index in [0.717, 1.165) is 11.1 Å². The molecule has 0 spiro atoms. The highest BCUT2D eigenvalue weighted by Crippen LogP contribution is 2.27. The third-order valence-corrected chi connectivity index (χ3v) is 4.24. The smallest absolute Gasteiger partial charge is 0.266 e. The summed E-state index contributed by atoms with van der Waals surface area (Å²) in [6.07, 6.45) is 1.42. The van der Waals surface area contributed by atoms with E-state index in [1.165, 1.54) is 6.08 Å². The lowest BCUT2D eigenvalue weighted by molar-refractivity contribution is -0.112. The minimum Gasteiger partial charge on any atom is -0.321 e. The molecular weight excluding hydrogens is 331 g/mol. The molecule has 0 radical (unpaired) electrons. The number of hydrogen-bond donors (Lipinski definition) is 1. The Kier molecular flexibility index (Phi) is 5.44. The third kappa shape index (κ3) is 4.13. The van der Waals surface area contributed by atoms with E-state index < -0.39 is 5.91 Å². The Morgan fingerprint density at radius 1 is 1.17 bits per heavy atom. The van der Waals surface area contributed by atoms with Gasteiger partial charge in [0.2, 0.25) is 0 Å². The number of benzene rings is 2. The summed E-state index contributed by atoms with van der Waals surface area (Å²) >= 11 is 12.0. The highest BCUT2D eigenvalue weighted by molar-refractivity contribution is 6.43. The Labute approximate surface area is 145 Å². The molecule has 5 heteroatoms. The molecule has 3 nitrogen and oxygen atoms in total. The van der Waals surface area contributed by atoms with E-state index in [4.69, 9.17) is 23.2 Å². The van der Waals surface area contributed by atoms with Crippen LogP contribution < -0.4 is 5.32 Å². The molecule has 0 aliphatic carbocycles. The quantitative estimate of drug-likeness (QED) is 0.617. The lowest BCUT2D eigenvalue weighted by Gasteiger charge is -2.07. The summed E-state index contributed by atoms with van der Waals surface area (Å²) < 4.78 is 0. The van der Waals surface area contributed by atoms with E-state index in [2.05, 4.69) is 5.32 Å². The van der Waals surface area contributed by atoms with Gasteiger partial charge < -0.3 is 5.32 Å². The molecule has 0 aliphatic heterocycles. The van der Waals surface area contributed by atoms with Gasteiger partial charge in [0, 0.05) is 5.69 Å². The molecule has 23 heavy (non-hydrogen) atoms. The van der Waals surface area contributed by atoms with E-state index >= 15 is 0 Å². The number of hydrogen-bond acceptors (Lipinski definition) is 2. The van der Waals surface area contributed by atoms with Crippen molar-refractivity contribution in [3.05, 3.63) is 68.7 Å². The largest absolute Gasteiger partial charge is 0.321 e. The Morgan fingerprint density at radius 3 is 2.57 bits per heavy atom. The predicted molar refractivity (Wildman–Crippen MR) is 94.6 cm³/mol. The van der Waals surface area contributed by atoms with Crippen molar-refractivity contribution < 1.29 is 4.79 Å². The van der Waals surface area contributed by atoms with Gasteiger partial charge in [0.25, 0.3) is 5.91 Å². The van der Waals surface area contributed by atoms with Crippen molar-refractivity contribution in [3.8, 4) is 6.07 Å². The number of nitrogens with zero attached hydrogens (tertiary/aromatic N) is 1. The summed E-state index contributed by atoms with van der Waals surface area (Å²) in [5.41, 5.74) is 3.29. The van der Waals surface area contributed by atoms with Crippen LogP contribution in [-0.4, -0.2) is 5.91 Å². The molecule has 0 aromatic heterocycles. The molecule has 0 saturated carbocycles. The summed E-state index contributed by atoms with van der Waals surface area (Å²) in [6.45, 7) is 3.94. The first-order valence-corrected chi connectivity index (χ1v) is 7.62. The fraction of sp³-hybridized carbons (Fsp3) is 0.111. The van der Waals surface area contributed by atoms with Crippen molar-refractivity contribution in [3.63, 3.8) is 0 Å². The number of nitriles is 1. The van der Waals surface area contributed by atoms with Gasteiger partial charge in [0.15, 0.2) is 0 Å². The van der Waals surface area contributed by atoms with Gasteiger partial charge in [-0.1, -0.05) is 41.4 Å². The zero-order chi connectivity index (χ0) is 17.0. The molecule has 116 valence electrons. The first-order valence-electron chi connectivity index (χ1n) is 6.87. The van der Waals surface area contributed by atoms with E-state index in [1.54, 1.807) is 24.3 Å². The molecule has 2 aromatic carbocycles. The first-order chi connectivity index (χ1) is 10.9. The van der Waals surface area contributed by atoms with Gasteiger partial charge in [-0.3, -0.25) is 4.79 Å². The van der Waals surface area contributed by atoms with Gasteiger partial charge in [-0.05, 0) is 54.8 Å². The zero-order valence-electron chi connectivity index (χ0n) is 12.7. The van der Waals surface area contributed by atoms with Gasteiger partial charge in [0.1, 0.15) is 11.6 Å². The Bertz CT molecular complexity index is 835. The number of carbonyl (C=O) groups is 1. The van der Waals surface area contributed by atoms with Crippen LogP contribution in [0.2, 0.25) is 10.0 Å². The maximum Gasteiger partial charge on any atom is 0.266 e. The van der Waals surface area contributed by atoms with E-state index in [0.29, 0.717) is 21.3 Å². The van der Waals surface area contributed by atoms with Gasteiger partial charge >= 0.3 is 0 Å². The average Bonchev–Trinajstić information content (AvgIpc) is 2.52. The standard InChI is InChI=1S/C18H14Cl2N2O/c1-11-6-7-15(8-12(11)2)22-18(23)14(10-21)9-13-4-3-5-16(19)17(13)20/h3-9H,1-2H3,(H,22,23)/b14-9-. The second-order valence-electron chi connectivity index (χ2n) is 5.07. The lowest BCUT2D eigenvalue weighted by atomic mass is 10.1. The van der Waals surface area contributed by atoms with E-state index in [-0.39, 0.29) is 5.57 Å². The van der Waals surface area contributed by atoms with Gasteiger partial charge in [0.05, 0.1) is 10.0 Å². The lowest BCUT2D eigenvalue weighted by Crippen LogP contribution is -2.13. The summed E-state index contributed by atoms with van der Waals surface area (Å²) in [7, 11) is 0. The van der Waals surface area contributed by atoms with Crippen LogP contribution >= 0.6 is 23.2 Å². The van der Waals surface area contributed by atoms with Crippen molar-refractivity contribution in [2.24, 2.45) is 0 Å². The predicted octanol–water partition coefficient (Wildman–Crippen LogP) is 5.16. The molecule has 0 fully saturated rings. The van der Waals surface area contributed by atoms with Crippen LogP contribution in [0.3, 0.4) is 0 Å². The normalized spacial score (nSPS) is 11.0. The molecule has 0 saturated heterocycles. The number of halogens is 2. The van der Waals surface area contributed by atoms with Crippen molar-refractivity contribution in [1.29, 1.82) is 5.26 Å². The third-order valence-electron chi connectivity index (χ3n) is 3.41. The molecule has 2 rings (SSSR count). The Balaban J connectivity index is 2.28. The SMILES string of the molecule is Cc1ccc(NC(=O)/C(C#N)=C\c2cccc(Cl)c2Cl)cc1C. The highest BCUT2D eigenvalue weighted by Gasteiger charge is 2.11. The monoisotopic (exact) mass is 344 g/mol. The van der Waals surface area contributed by atoms with Crippen LogP contribution in [-0.2, 0) is 4.79 Å². The molecule has 0 aliphatic rings. The molecule has 0 heterocycles. The minimum absolute atomic E-state index is 0.0487. The number of rotatable bonds is 3. The van der Waals surface area contributed by atoms with Crippen LogP contribution in [0.4, 0.5) is 5.69 Å². The van der Waals surface area contributed by atoms with Gasteiger partial charge in [-0.25, -0.2) is 0 Å². The first kappa shape index (κ1) is 17.1. The Morgan fingerprint density at radius 2 is 1.91 bits per heavy atom. The van der Waals surface area contributed by atoms with E-state index in [1.807, 2.05) is 32.0 Å². The van der Waals surface area contributed by atoms with Crippen molar-refractivity contribution in [2.45, 2.75) is 13.8 Å². The van der Waals surface area contributed by atoms with Gasteiger partial charge in [-0.2, -0.15) is 5.26 Å². The summed E-state index contributed by atoms with van der Waals surface area (Å²) in [4.78, 5) is 12.3. The van der Waals surface area contributed by atoms with Crippen molar-refractivity contribution >= 4 is 40.9 Å². The van der Waals surface area contributed by atoms with Crippen LogP contribution in [0, 0.1) is 25.2 Å². The van der Waals surface area contributed by atoms with E-state index in [9.17, 15) is 10.1 Å². The fourth-order valence-corrected chi connectivity index (χ4v) is 2.32. The molecule has 1 amide bonds. The highest BCUT2D eigenvalue weighted by atomic mass is 35.5. The van der Waals surface area contributed by atoms with Crippen LogP contribution in [0.25, 0.3) is 6.08 Å². The molecule has 0 atom stereocenters. The fourth-order valence-electron chi connectivity index (χ4n) is 1.95. The topological polar surface area (TPSA) is 52.9 Å².